The van der Waals surface area contributed by atoms with Crippen molar-refractivity contribution in [2.24, 2.45) is 0 Å². The molecule has 24 heavy (non-hydrogen) atoms. The molecule has 0 saturated carbocycles. The molecule has 1 aliphatic heterocycles. The molecule has 2 aromatic rings. The fourth-order valence-corrected chi connectivity index (χ4v) is 2.89. The number of rotatable bonds is 5. The molecule has 3 rings (SSSR count). The molecule has 0 aliphatic carbocycles. The average Bonchev–Trinajstić information content (AvgIpc) is 2.61. The van der Waals surface area contributed by atoms with Gasteiger partial charge in [-0.15, -0.1) is 0 Å². The molecular formula is C20H18ClNO2. The third-order valence-electron chi connectivity index (χ3n) is 4.11. The average molecular weight is 340 g/mol. The molecule has 3 nitrogen and oxygen atoms in total. The normalized spacial score (nSPS) is 13.7. The van der Waals surface area contributed by atoms with Crippen molar-refractivity contribution < 1.29 is 9.90 Å². The van der Waals surface area contributed by atoms with E-state index in [0.29, 0.717) is 5.56 Å². The van der Waals surface area contributed by atoms with E-state index in [2.05, 4.69) is 23.3 Å². The quantitative estimate of drug-likeness (QED) is 0.839. The van der Waals surface area contributed by atoms with E-state index in [1.165, 1.54) is 5.57 Å². The third kappa shape index (κ3) is 3.87. The summed E-state index contributed by atoms with van der Waals surface area (Å²) in [5, 5.41) is 9.97. The van der Waals surface area contributed by atoms with Gasteiger partial charge in [0.2, 0.25) is 0 Å². The van der Waals surface area contributed by atoms with Crippen LogP contribution in [0.25, 0.3) is 0 Å². The summed E-state index contributed by atoms with van der Waals surface area (Å²) < 4.78 is 0. The first kappa shape index (κ1) is 16.3. The first-order chi connectivity index (χ1) is 11.6. The van der Waals surface area contributed by atoms with E-state index in [4.69, 9.17) is 11.6 Å². The summed E-state index contributed by atoms with van der Waals surface area (Å²) in [5.41, 5.74) is 3.59. The van der Waals surface area contributed by atoms with Crippen molar-refractivity contribution in [3.8, 4) is 0 Å². The molecule has 4 heteroatoms. The number of carbonyl (C=O) groups is 1. The summed E-state index contributed by atoms with van der Waals surface area (Å²) in [6.07, 6.45) is 7.87. The molecule has 0 atom stereocenters. The number of hydrogen-bond donors (Lipinski definition) is 1. The van der Waals surface area contributed by atoms with Gasteiger partial charge < -0.3 is 10.0 Å². The number of hydrogen-bond acceptors (Lipinski definition) is 2. The minimum Gasteiger partial charge on any atom is -0.478 e. The minimum absolute atomic E-state index is 0.390. The van der Waals surface area contributed by atoms with Crippen molar-refractivity contribution >= 4 is 23.3 Å². The second-order valence-electron chi connectivity index (χ2n) is 5.69. The van der Waals surface area contributed by atoms with E-state index < -0.39 is 5.97 Å². The van der Waals surface area contributed by atoms with Crippen LogP contribution in [0.2, 0.25) is 5.02 Å². The van der Waals surface area contributed by atoms with E-state index in [1.807, 2.05) is 36.4 Å². The van der Waals surface area contributed by atoms with Gasteiger partial charge in [-0.1, -0.05) is 35.9 Å². The van der Waals surface area contributed by atoms with Gasteiger partial charge in [-0.05, 0) is 60.4 Å². The van der Waals surface area contributed by atoms with Crippen molar-refractivity contribution in [3.05, 3.63) is 88.6 Å². The van der Waals surface area contributed by atoms with E-state index in [1.54, 1.807) is 12.1 Å². The summed E-state index contributed by atoms with van der Waals surface area (Å²) >= 11 is 5.92. The zero-order chi connectivity index (χ0) is 16.9. The van der Waals surface area contributed by atoms with Crippen LogP contribution in [-0.2, 0) is 6.42 Å². The lowest BCUT2D eigenvalue weighted by molar-refractivity contribution is 0.0695. The Labute approximate surface area is 146 Å². The van der Waals surface area contributed by atoms with E-state index in [0.717, 1.165) is 35.7 Å². The molecule has 1 aliphatic rings. The Hall–Kier alpha value is -2.52. The van der Waals surface area contributed by atoms with Gasteiger partial charge in [-0.2, -0.15) is 0 Å². The standard InChI is InChI=1S/C20H18ClNO2/c21-17-7-9-18(10-8-17)22-13-11-15(12-14-22)5-6-16-3-1-2-4-19(16)20(23)24/h1-4,7-13H,5-6,14H2,(H,23,24). The molecule has 0 saturated heterocycles. The highest BCUT2D eigenvalue weighted by Crippen LogP contribution is 2.22. The number of benzene rings is 2. The van der Waals surface area contributed by atoms with Gasteiger partial charge in [0.15, 0.2) is 0 Å². The predicted octanol–water partition coefficient (Wildman–Crippen LogP) is 4.93. The van der Waals surface area contributed by atoms with Gasteiger partial charge in [0, 0.05) is 23.5 Å². The second kappa shape index (κ2) is 7.37. The van der Waals surface area contributed by atoms with Gasteiger partial charge in [-0.3, -0.25) is 0 Å². The number of aryl methyl sites for hydroxylation is 1. The largest absolute Gasteiger partial charge is 0.478 e. The van der Waals surface area contributed by atoms with E-state index >= 15 is 0 Å². The Morgan fingerprint density at radius 3 is 2.50 bits per heavy atom. The lowest BCUT2D eigenvalue weighted by Gasteiger charge is -2.23. The van der Waals surface area contributed by atoms with E-state index in [-0.39, 0.29) is 0 Å². The number of carboxylic acid groups (broad SMARTS) is 1. The predicted molar refractivity (Wildman–Crippen MR) is 97.7 cm³/mol. The lowest BCUT2D eigenvalue weighted by atomic mass is 9.99. The molecule has 1 N–H and O–H groups in total. The molecule has 0 radical (unpaired) electrons. The van der Waals surface area contributed by atoms with Gasteiger partial charge in [0.1, 0.15) is 0 Å². The van der Waals surface area contributed by atoms with Gasteiger partial charge >= 0.3 is 5.97 Å². The SMILES string of the molecule is O=C(O)c1ccccc1CCC1=CCN(c2ccc(Cl)cc2)C=C1. The second-order valence-corrected chi connectivity index (χ2v) is 6.12. The molecule has 0 spiro atoms. The van der Waals surface area contributed by atoms with Gasteiger partial charge in [0.25, 0.3) is 0 Å². The van der Waals surface area contributed by atoms with Crippen LogP contribution >= 0.6 is 11.6 Å². The summed E-state index contributed by atoms with van der Waals surface area (Å²) in [4.78, 5) is 13.4. The minimum atomic E-state index is -0.868. The fourth-order valence-electron chi connectivity index (χ4n) is 2.77. The summed E-state index contributed by atoms with van der Waals surface area (Å²) in [5.74, 6) is -0.868. The first-order valence-corrected chi connectivity index (χ1v) is 8.22. The lowest BCUT2D eigenvalue weighted by Crippen LogP contribution is -2.18. The number of halogens is 1. The summed E-state index contributed by atoms with van der Waals surface area (Å²) in [6, 6.07) is 14.9. The summed E-state index contributed by atoms with van der Waals surface area (Å²) in [7, 11) is 0. The van der Waals surface area contributed by atoms with Crippen molar-refractivity contribution in [1.29, 1.82) is 0 Å². The number of carboxylic acids is 1. The molecule has 0 amide bonds. The smallest absolute Gasteiger partial charge is 0.335 e. The molecular weight excluding hydrogens is 322 g/mol. The van der Waals surface area contributed by atoms with Crippen LogP contribution in [-0.4, -0.2) is 17.6 Å². The maximum atomic E-state index is 11.3. The molecule has 0 fully saturated rings. The van der Waals surface area contributed by atoms with Crippen LogP contribution in [0.1, 0.15) is 22.3 Å². The van der Waals surface area contributed by atoms with Crippen molar-refractivity contribution in [3.63, 3.8) is 0 Å². The first-order valence-electron chi connectivity index (χ1n) is 7.84. The summed E-state index contributed by atoms with van der Waals surface area (Å²) in [6.45, 7) is 0.800. The Morgan fingerprint density at radius 1 is 1.08 bits per heavy atom. The molecule has 0 aromatic heterocycles. The zero-order valence-electron chi connectivity index (χ0n) is 13.2. The Bertz CT molecular complexity index is 794. The highest BCUT2D eigenvalue weighted by molar-refractivity contribution is 6.30. The molecule has 0 bridgehead atoms. The number of allylic oxidation sites excluding steroid dienone is 2. The van der Waals surface area contributed by atoms with Crippen LogP contribution in [0.4, 0.5) is 5.69 Å². The number of aromatic carboxylic acids is 1. The Morgan fingerprint density at radius 2 is 1.83 bits per heavy atom. The van der Waals surface area contributed by atoms with Crippen molar-refractivity contribution in [2.75, 3.05) is 11.4 Å². The van der Waals surface area contributed by atoms with Crippen LogP contribution in [0, 0.1) is 0 Å². The molecule has 1 heterocycles. The maximum absolute atomic E-state index is 11.3. The molecule has 2 aromatic carbocycles. The molecule has 0 unspecified atom stereocenters. The maximum Gasteiger partial charge on any atom is 0.335 e. The molecule has 122 valence electrons. The highest BCUT2D eigenvalue weighted by Gasteiger charge is 2.11. The van der Waals surface area contributed by atoms with Crippen LogP contribution in [0.15, 0.2) is 72.5 Å². The van der Waals surface area contributed by atoms with Crippen LogP contribution in [0.5, 0.6) is 0 Å². The van der Waals surface area contributed by atoms with Gasteiger partial charge in [0.05, 0.1) is 5.56 Å². The van der Waals surface area contributed by atoms with Crippen LogP contribution in [0.3, 0.4) is 0 Å². The van der Waals surface area contributed by atoms with E-state index in [9.17, 15) is 9.90 Å². The van der Waals surface area contributed by atoms with Crippen LogP contribution < -0.4 is 4.90 Å². The fraction of sp³-hybridized carbons (Fsp3) is 0.150. The highest BCUT2D eigenvalue weighted by atomic mass is 35.5. The number of anilines is 1. The van der Waals surface area contributed by atoms with Crippen molar-refractivity contribution in [2.45, 2.75) is 12.8 Å². The topological polar surface area (TPSA) is 40.5 Å². The monoisotopic (exact) mass is 339 g/mol. The van der Waals surface area contributed by atoms with Gasteiger partial charge in [-0.25, -0.2) is 4.79 Å². The Balaban J connectivity index is 1.62. The third-order valence-corrected chi connectivity index (χ3v) is 4.36. The zero-order valence-corrected chi connectivity index (χ0v) is 13.9. The van der Waals surface area contributed by atoms with Crippen molar-refractivity contribution in [1.82, 2.24) is 0 Å². The Kier molecular flexibility index (Phi) is 5.02. The number of nitrogens with zero attached hydrogens (tertiary/aromatic N) is 1.